The summed E-state index contributed by atoms with van der Waals surface area (Å²) in [6, 6.07) is 8.56. The van der Waals surface area contributed by atoms with Crippen LogP contribution in [0.1, 0.15) is 30.2 Å². The molecule has 2 amide bonds. The summed E-state index contributed by atoms with van der Waals surface area (Å²) in [6.07, 6.45) is 6.02. The maximum Gasteiger partial charge on any atom is 0.258 e. The van der Waals surface area contributed by atoms with Gasteiger partial charge in [0.25, 0.3) is 5.56 Å². The van der Waals surface area contributed by atoms with Gasteiger partial charge in [0.05, 0.1) is 21.6 Å². The van der Waals surface area contributed by atoms with Crippen LogP contribution in [0.4, 0.5) is 0 Å². The topological polar surface area (TPSA) is 86.4 Å². The Balaban J connectivity index is 1.49. The summed E-state index contributed by atoms with van der Waals surface area (Å²) < 4.78 is 0.665. The van der Waals surface area contributed by atoms with Crippen molar-refractivity contribution in [3.05, 3.63) is 67.9 Å². The van der Waals surface area contributed by atoms with Crippen molar-refractivity contribution in [2.45, 2.75) is 32.4 Å². The summed E-state index contributed by atoms with van der Waals surface area (Å²) >= 11 is 7.35. The molecule has 1 aromatic carbocycles. The SMILES string of the molecule is CCCC1C(=O)N(Cc2ccc3c(=O)[nH]cnc3c2)CCN1C(=O)C=Cc1ccc(Cl)s1. The first-order valence-corrected chi connectivity index (χ1v) is 11.6. The minimum atomic E-state index is -0.487. The number of carbonyl (C=O) groups is 2. The molecule has 1 unspecified atom stereocenters. The van der Waals surface area contributed by atoms with E-state index < -0.39 is 6.04 Å². The molecule has 32 heavy (non-hydrogen) atoms. The number of rotatable bonds is 6. The van der Waals surface area contributed by atoms with Gasteiger partial charge in [-0.15, -0.1) is 11.3 Å². The lowest BCUT2D eigenvalue weighted by Gasteiger charge is -2.40. The molecule has 3 heterocycles. The molecule has 1 aliphatic heterocycles. The Kier molecular flexibility index (Phi) is 6.72. The fraction of sp³-hybridized carbons (Fsp3) is 0.304. The van der Waals surface area contributed by atoms with Crippen molar-refractivity contribution >= 4 is 51.7 Å². The molecule has 7 nitrogen and oxygen atoms in total. The number of thiophene rings is 1. The van der Waals surface area contributed by atoms with Gasteiger partial charge in [-0.3, -0.25) is 14.4 Å². The van der Waals surface area contributed by atoms with E-state index in [1.807, 2.05) is 25.1 Å². The monoisotopic (exact) mass is 470 g/mol. The molecule has 1 saturated heterocycles. The van der Waals surface area contributed by atoms with Gasteiger partial charge in [-0.1, -0.05) is 31.0 Å². The number of H-pyrrole nitrogens is 1. The van der Waals surface area contributed by atoms with Crippen LogP contribution in [0.2, 0.25) is 4.34 Å². The summed E-state index contributed by atoms with van der Waals surface area (Å²) in [7, 11) is 0. The molecule has 0 spiro atoms. The zero-order valence-electron chi connectivity index (χ0n) is 17.6. The van der Waals surface area contributed by atoms with Crippen LogP contribution in [-0.2, 0) is 16.1 Å². The van der Waals surface area contributed by atoms with Crippen LogP contribution >= 0.6 is 22.9 Å². The molecule has 9 heteroatoms. The van der Waals surface area contributed by atoms with E-state index >= 15 is 0 Å². The molecule has 1 atom stereocenters. The second-order valence-electron chi connectivity index (χ2n) is 7.65. The van der Waals surface area contributed by atoms with Gasteiger partial charge in [0.2, 0.25) is 11.8 Å². The number of hydrogen-bond donors (Lipinski definition) is 1. The van der Waals surface area contributed by atoms with Gasteiger partial charge in [-0.25, -0.2) is 4.98 Å². The first-order chi connectivity index (χ1) is 15.5. The highest BCUT2D eigenvalue weighted by Crippen LogP contribution is 2.24. The number of halogens is 1. The van der Waals surface area contributed by atoms with Crippen molar-refractivity contribution < 1.29 is 9.59 Å². The number of aromatic nitrogens is 2. The number of carbonyl (C=O) groups excluding carboxylic acids is 2. The highest BCUT2D eigenvalue weighted by Gasteiger charge is 2.36. The number of aromatic amines is 1. The molecule has 0 radical (unpaired) electrons. The predicted octanol–water partition coefficient (Wildman–Crippen LogP) is 3.69. The van der Waals surface area contributed by atoms with E-state index in [2.05, 4.69) is 9.97 Å². The third-order valence-electron chi connectivity index (χ3n) is 5.49. The second kappa shape index (κ2) is 9.67. The van der Waals surface area contributed by atoms with E-state index in [-0.39, 0.29) is 17.4 Å². The average molecular weight is 471 g/mol. The Bertz CT molecular complexity index is 1240. The second-order valence-corrected chi connectivity index (χ2v) is 9.40. The van der Waals surface area contributed by atoms with Crippen LogP contribution < -0.4 is 5.56 Å². The maximum absolute atomic E-state index is 13.3. The zero-order valence-corrected chi connectivity index (χ0v) is 19.2. The van der Waals surface area contributed by atoms with Crippen molar-refractivity contribution in [1.82, 2.24) is 19.8 Å². The molecular weight excluding hydrogens is 448 g/mol. The van der Waals surface area contributed by atoms with Crippen molar-refractivity contribution in [2.24, 2.45) is 0 Å². The van der Waals surface area contributed by atoms with E-state index in [9.17, 15) is 14.4 Å². The summed E-state index contributed by atoms with van der Waals surface area (Å²) in [5, 5.41) is 0.515. The standard InChI is InChI=1S/C23H23ClN4O3S/c1-2-3-19-23(31)27(13-15-4-7-17-18(12-15)25-14-26-22(17)30)10-11-28(19)21(29)9-6-16-5-8-20(24)32-16/h4-9,12,14,19H,2-3,10-11,13H2,1H3,(H,25,26,30). The molecule has 1 aliphatic rings. The van der Waals surface area contributed by atoms with Crippen molar-refractivity contribution in [1.29, 1.82) is 0 Å². The molecule has 166 valence electrons. The number of benzene rings is 1. The predicted molar refractivity (Wildman–Crippen MR) is 127 cm³/mol. The van der Waals surface area contributed by atoms with E-state index in [0.717, 1.165) is 16.9 Å². The molecular formula is C23H23ClN4O3S. The lowest BCUT2D eigenvalue weighted by atomic mass is 10.0. The molecule has 0 aliphatic carbocycles. The highest BCUT2D eigenvalue weighted by molar-refractivity contribution is 7.17. The van der Waals surface area contributed by atoms with Gasteiger partial charge in [-0.05, 0) is 42.3 Å². The quantitative estimate of drug-likeness (QED) is 0.556. The Hall–Kier alpha value is -2.97. The summed E-state index contributed by atoms with van der Waals surface area (Å²) in [5.41, 5.74) is 1.30. The molecule has 3 aromatic rings. The van der Waals surface area contributed by atoms with E-state index in [4.69, 9.17) is 11.6 Å². The zero-order chi connectivity index (χ0) is 22.7. The normalized spacial score (nSPS) is 16.9. The summed E-state index contributed by atoms with van der Waals surface area (Å²) in [6.45, 7) is 3.33. The van der Waals surface area contributed by atoms with Crippen LogP contribution in [0.5, 0.6) is 0 Å². The van der Waals surface area contributed by atoms with Crippen LogP contribution in [0.25, 0.3) is 17.0 Å². The summed E-state index contributed by atoms with van der Waals surface area (Å²) in [5.74, 6) is -0.229. The Labute approximate surface area is 194 Å². The minimum Gasteiger partial charge on any atom is -0.335 e. The van der Waals surface area contributed by atoms with E-state index in [1.165, 1.54) is 23.7 Å². The molecule has 2 aromatic heterocycles. The van der Waals surface area contributed by atoms with E-state index in [0.29, 0.717) is 41.3 Å². The lowest BCUT2D eigenvalue weighted by Crippen LogP contribution is -2.58. The number of piperazine rings is 1. The van der Waals surface area contributed by atoms with Gasteiger partial charge in [0, 0.05) is 30.6 Å². The third-order valence-corrected chi connectivity index (χ3v) is 6.69. The van der Waals surface area contributed by atoms with Crippen LogP contribution in [0.15, 0.2) is 47.5 Å². The number of nitrogens with zero attached hydrogens (tertiary/aromatic N) is 3. The van der Waals surface area contributed by atoms with Crippen LogP contribution in [-0.4, -0.2) is 50.7 Å². The molecule has 0 bridgehead atoms. The van der Waals surface area contributed by atoms with Gasteiger partial charge in [0.1, 0.15) is 6.04 Å². The average Bonchev–Trinajstić information content (AvgIpc) is 3.20. The Morgan fingerprint density at radius 1 is 1.28 bits per heavy atom. The summed E-state index contributed by atoms with van der Waals surface area (Å²) in [4.78, 5) is 49.1. The fourth-order valence-electron chi connectivity index (χ4n) is 3.91. The highest BCUT2D eigenvalue weighted by atomic mass is 35.5. The first kappa shape index (κ1) is 22.2. The number of amides is 2. The Morgan fingerprint density at radius 2 is 2.12 bits per heavy atom. The third kappa shape index (κ3) is 4.76. The fourth-order valence-corrected chi connectivity index (χ4v) is 4.88. The Morgan fingerprint density at radius 3 is 2.88 bits per heavy atom. The minimum absolute atomic E-state index is 0.0574. The number of fused-ring (bicyclic) bond motifs is 1. The van der Waals surface area contributed by atoms with Crippen molar-refractivity contribution in [3.8, 4) is 0 Å². The molecule has 0 saturated carbocycles. The van der Waals surface area contributed by atoms with Crippen molar-refractivity contribution in [2.75, 3.05) is 13.1 Å². The van der Waals surface area contributed by atoms with Crippen LogP contribution in [0, 0.1) is 0 Å². The first-order valence-electron chi connectivity index (χ1n) is 10.5. The van der Waals surface area contributed by atoms with Gasteiger partial charge in [0.15, 0.2) is 0 Å². The van der Waals surface area contributed by atoms with E-state index in [1.54, 1.807) is 28.0 Å². The molecule has 4 rings (SSSR count). The number of nitrogens with one attached hydrogen (secondary N) is 1. The van der Waals surface area contributed by atoms with Gasteiger partial charge < -0.3 is 14.8 Å². The van der Waals surface area contributed by atoms with Crippen molar-refractivity contribution in [3.63, 3.8) is 0 Å². The maximum atomic E-state index is 13.3. The number of hydrogen-bond acceptors (Lipinski definition) is 5. The smallest absolute Gasteiger partial charge is 0.258 e. The van der Waals surface area contributed by atoms with Crippen LogP contribution in [0.3, 0.4) is 0 Å². The largest absolute Gasteiger partial charge is 0.335 e. The van der Waals surface area contributed by atoms with Gasteiger partial charge >= 0.3 is 0 Å². The lowest BCUT2D eigenvalue weighted by molar-refractivity contribution is -0.150. The van der Waals surface area contributed by atoms with Gasteiger partial charge in [-0.2, -0.15) is 0 Å². The molecule has 1 N–H and O–H groups in total. The molecule has 1 fully saturated rings.